The van der Waals surface area contributed by atoms with Crippen molar-refractivity contribution in [3.05, 3.63) is 99.6 Å². The predicted molar refractivity (Wildman–Crippen MR) is 153 cm³/mol. The molecule has 0 saturated heterocycles. The highest BCUT2D eigenvalue weighted by molar-refractivity contribution is 7.92. The molecule has 40 heavy (non-hydrogen) atoms. The van der Waals surface area contributed by atoms with E-state index in [2.05, 4.69) is 5.32 Å². The van der Waals surface area contributed by atoms with Gasteiger partial charge in [0.1, 0.15) is 12.6 Å². The van der Waals surface area contributed by atoms with Crippen molar-refractivity contribution in [2.45, 2.75) is 50.7 Å². The molecule has 2 amide bonds. The lowest BCUT2D eigenvalue weighted by Gasteiger charge is -2.33. The van der Waals surface area contributed by atoms with E-state index >= 15 is 0 Å². The zero-order valence-electron chi connectivity index (χ0n) is 22.6. The highest BCUT2D eigenvalue weighted by Gasteiger charge is 2.33. The van der Waals surface area contributed by atoms with Crippen LogP contribution in [0, 0.1) is 10.1 Å². The Morgan fingerprint density at radius 3 is 2.20 bits per heavy atom. The minimum Gasteiger partial charge on any atom is -0.350 e. The summed E-state index contributed by atoms with van der Waals surface area (Å²) in [5, 5.41) is 14.8. The van der Waals surface area contributed by atoms with Crippen LogP contribution in [-0.2, 0) is 26.2 Å². The number of hydrogen-bond donors (Lipinski definition) is 1. The molecule has 0 fully saturated rings. The second kappa shape index (κ2) is 12.5. The smallest absolute Gasteiger partial charge is 0.271 e. The van der Waals surface area contributed by atoms with E-state index < -0.39 is 44.9 Å². The van der Waals surface area contributed by atoms with Gasteiger partial charge in [-0.15, -0.1) is 0 Å². The summed E-state index contributed by atoms with van der Waals surface area (Å²) >= 11 is 6.01. The highest BCUT2D eigenvalue weighted by Crippen LogP contribution is 2.27. The van der Waals surface area contributed by atoms with E-state index in [0.717, 1.165) is 10.4 Å². The summed E-state index contributed by atoms with van der Waals surface area (Å²) in [4.78, 5) is 39.0. The van der Waals surface area contributed by atoms with Gasteiger partial charge in [0.05, 0.1) is 15.5 Å². The van der Waals surface area contributed by atoms with Gasteiger partial charge in [-0.1, -0.05) is 48.0 Å². The molecular formula is C28H31ClN4O6S. The van der Waals surface area contributed by atoms with Crippen LogP contribution in [-0.4, -0.2) is 48.2 Å². The summed E-state index contributed by atoms with van der Waals surface area (Å²) in [5.74, 6) is -1.11. The number of carbonyl (C=O) groups is 2. The third kappa shape index (κ3) is 7.80. The number of nitrogens with zero attached hydrogens (tertiary/aromatic N) is 3. The largest absolute Gasteiger partial charge is 0.350 e. The van der Waals surface area contributed by atoms with E-state index in [1.165, 1.54) is 47.4 Å². The van der Waals surface area contributed by atoms with Crippen LogP contribution in [0.25, 0.3) is 0 Å². The fraction of sp³-hybridized carbons (Fsp3) is 0.286. The van der Waals surface area contributed by atoms with Gasteiger partial charge in [-0.2, -0.15) is 0 Å². The first-order valence-electron chi connectivity index (χ1n) is 12.4. The number of benzene rings is 3. The van der Waals surface area contributed by atoms with Crippen LogP contribution in [0.15, 0.2) is 83.8 Å². The van der Waals surface area contributed by atoms with Crippen LogP contribution in [0.5, 0.6) is 0 Å². The van der Waals surface area contributed by atoms with Crippen molar-refractivity contribution in [3.63, 3.8) is 0 Å². The molecule has 0 aliphatic rings. The van der Waals surface area contributed by atoms with Crippen LogP contribution < -0.4 is 9.62 Å². The molecule has 1 atom stereocenters. The monoisotopic (exact) mass is 586 g/mol. The zero-order valence-corrected chi connectivity index (χ0v) is 24.1. The number of halogens is 1. The topological polar surface area (TPSA) is 130 Å². The number of nitro benzene ring substituents is 1. The summed E-state index contributed by atoms with van der Waals surface area (Å²) in [7, 11) is -4.33. The Hall–Kier alpha value is -3.96. The number of carbonyl (C=O) groups excluding carboxylic acids is 2. The fourth-order valence-corrected chi connectivity index (χ4v) is 5.41. The predicted octanol–water partition coefficient (Wildman–Crippen LogP) is 4.78. The molecule has 3 aromatic rings. The van der Waals surface area contributed by atoms with Crippen LogP contribution >= 0.6 is 11.6 Å². The number of nitrogens with one attached hydrogen (secondary N) is 1. The van der Waals surface area contributed by atoms with Gasteiger partial charge in [-0.25, -0.2) is 8.42 Å². The number of sulfonamides is 1. The molecule has 0 spiro atoms. The van der Waals surface area contributed by atoms with Crippen LogP contribution in [0.2, 0.25) is 5.02 Å². The Morgan fingerprint density at radius 2 is 1.62 bits per heavy atom. The number of amides is 2. The summed E-state index contributed by atoms with van der Waals surface area (Å²) in [6.07, 6.45) is 0. The Bertz CT molecular complexity index is 1470. The maximum atomic E-state index is 13.9. The minimum absolute atomic E-state index is 0.0110. The molecule has 212 valence electrons. The number of nitro groups is 1. The van der Waals surface area contributed by atoms with Crippen molar-refractivity contribution in [1.82, 2.24) is 10.2 Å². The quantitative estimate of drug-likeness (QED) is 0.269. The van der Waals surface area contributed by atoms with Crippen molar-refractivity contribution in [2.75, 3.05) is 10.8 Å². The van der Waals surface area contributed by atoms with Gasteiger partial charge >= 0.3 is 0 Å². The molecule has 0 radical (unpaired) electrons. The maximum Gasteiger partial charge on any atom is 0.271 e. The number of anilines is 1. The van der Waals surface area contributed by atoms with Crippen molar-refractivity contribution < 1.29 is 22.9 Å². The first-order chi connectivity index (χ1) is 18.7. The Kier molecular flexibility index (Phi) is 9.54. The van der Waals surface area contributed by atoms with E-state index in [1.807, 2.05) is 0 Å². The normalized spacial score (nSPS) is 12.3. The Balaban J connectivity index is 2.06. The Morgan fingerprint density at radius 1 is 1.00 bits per heavy atom. The lowest BCUT2D eigenvalue weighted by atomic mass is 10.1. The molecule has 0 heterocycles. The average Bonchev–Trinajstić information content (AvgIpc) is 2.90. The fourth-order valence-electron chi connectivity index (χ4n) is 3.85. The molecule has 0 unspecified atom stereocenters. The molecule has 0 bridgehead atoms. The van der Waals surface area contributed by atoms with Crippen LogP contribution in [0.1, 0.15) is 33.3 Å². The van der Waals surface area contributed by atoms with Crippen LogP contribution in [0.4, 0.5) is 11.4 Å². The number of hydrogen-bond acceptors (Lipinski definition) is 6. The lowest BCUT2D eigenvalue weighted by Crippen LogP contribution is -2.54. The number of non-ortho nitro benzene ring substituents is 1. The first kappa shape index (κ1) is 30.6. The van der Waals surface area contributed by atoms with Gasteiger partial charge in [0.15, 0.2) is 0 Å². The molecule has 12 heteroatoms. The van der Waals surface area contributed by atoms with Crippen molar-refractivity contribution in [3.8, 4) is 0 Å². The van der Waals surface area contributed by atoms with Crippen molar-refractivity contribution >= 4 is 44.8 Å². The SMILES string of the molecule is C[C@H](C(=O)NC(C)(C)C)N(Cc1ccc(Cl)cc1)C(=O)CN(c1cccc([N+](=O)[O-])c1)S(=O)(=O)c1ccccc1. The van der Waals surface area contributed by atoms with E-state index in [0.29, 0.717) is 10.6 Å². The first-order valence-corrected chi connectivity index (χ1v) is 14.2. The summed E-state index contributed by atoms with van der Waals surface area (Å²) in [6, 6.07) is 18.2. The van der Waals surface area contributed by atoms with Gasteiger partial charge in [0, 0.05) is 29.2 Å². The van der Waals surface area contributed by atoms with Gasteiger partial charge in [-0.3, -0.25) is 24.0 Å². The minimum atomic E-state index is -4.33. The molecular weight excluding hydrogens is 556 g/mol. The average molecular weight is 587 g/mol. The third-order valence-corrected chi connectivity index (χ3v) is 7.91. The lowest BCUT2D eigenvalue weighted by molar-refractivity contribution is -0.384. The van der Waals surface area contributed by atoms with E-state index in [9.17, 15) is 28.1 Å². The second-order valence-corrected chi connectivity index (χ2v) is 12.5. The molecule has 0 aromatic heterocycles. The van der Waals surface area contributed by atoms with E-state index in [-0.39, 0.29) is 22.8 Å². The van der Waals surface area contributed by atoms with Gasteiger partial charge < -0.3 is 10.2 Å². The molecule has 1 N–H and O–H groups in total. The van der Waals surface area contributed by atoms with Gasteiger partial charge in [0.25, 0.3) is 15.7 Å². The maximum absolute atomic E-state index is 13.9. The molecule has 0 aliphatic carbocycles. The summed E-state index contributed by atoms with van der Waals surface area (Å²) in [5.41, 5.74) is -0.314. The van der Waals surface area contributed by atoms with Crippen molar-refractivity contribution in [2.24, 2.45) is 0 Å². The third-order valence-electron chi connectivity index (χ3n) is 5.87. The van der Waals surface area contributed by atoms with E-state index in [1.54, 1.807) is 58.0 Å². The van der Waals surface area contributed by atoms with Gasteiger partial charge in [-0.05, 0) is 63.6 Å². The molecule has 0 saturated carbocycles. The highest BCUT2D eigenvalue weighted by atomic mass is 35.5. The molecule has 3 aromatic carbocycles. The van der Waals surface area contributed by atoms with E-state index in [4.69, 9.17) is 11.6 Å². The second-order valence-electron chi connectivity index (χ2n) is 10.2. The molecule has 3 rings (SSSR count). The number of rotatable bonds is 10. The zero-order chi connectivity index (χ0) is 29.7. The summed E-state index contributed by atoms with van der Waals surface area (Å²) in [6.45, 7) is 6.25. The van der Waals surface area contributed by atoms with Gasteiger partial charge in [0.2, 0.25) is 11.8 Å². The molecule has 0 aliphatic heterocycles. The van der Waals surface area contributed by atoms with Crippen LogP contribution in [0.3, 0.4) is 0 Å². The van der Waals surface area contributed by atoms with Crippen molar-refractivity contribution in [1.29, 1.82) is 0 Å². The summed E-state index contributed by atoms with van der Waals surface area (Å²) < 4.78 is 28.3. The standard InChI is InChI=1S/C28H31ClN4O6S/c1-20(27(35)30-28(2,3)4)31(18-21-13-15-22(29)16-14-21)26(34)19-32(23-9-8-10-24(17-23)33(36)37)40(38,39)25-11-6-5-7-12-25/h5-17,20H,18-19H2,1-4H3,(H,30,35)/t20-/m1/s1. The Labute approximate surface area is 238 Å². The molecule has 10 nitrogen and oxygen atoms in total.